The Labute approximate surface area is 208 Å². The van der Waals surface area contributed by atoms with E-state index < -0.39 is 5.91 Å². The number of hydrogen-bond donors (Lipinski definition) is 1. The number of aliphatic imine (C=N–C) groups is 1. The number of hydrazone groups is 1. The molecule has 0 fully saturated rings. The number of para-hydroxylation sites is 2. The summed E-state index contributed by atoms with van der Waals surface area (Å²) in [5, 5.41) is 15.9. The second-order valence-corrected chi connectivity index (χ2v) is 9.31. The van der Waals surface area contributed by atoms with Crippen LogP contribution < -0.4 is 4.74 Å². The van der Waals surface area contributed by atoms with E-state index in [0.29, 0.717) is 11.8 Å². The molecule has 0 saturated carbocycles. The van der Waals surface area contributed by atoms with E-state index in [1.165, 1.54) is 16.8 Å². The zero-order chi connectivity index (χ0) is 24.7. The highest BCUT2D eigenvalue weighted by Crippen LogP contribution is 2.33. The van der Waals surface area contributed by atoms with Crippen molar-refractivity contribution >= 4 is 39.8 Å². The van der Waals surface area contributed by atoms with Gasteiger partial charge >= 0.3 is 0 Å². The van der Waals surface area contributed by atoms with Crippen LogP contribution >= 0.6 is 11.8 Å². The number of carbonyl (C=O) groups is 1. The predicted molar refractivity (Wildman–Crippen MR) is 142 cm³/mol. The number of nitrogens with zero attached hydrogens (tertiary/aromatic N) is 4. The van der Waals surface area contributed by atoms with Gasteiger partial charge in [-0.2, -0.15) is 15.1 Å². The van der Waals surface area contributed by atoms with Crippen LogP contribution in [0.4, 0.5) is 0 Å². The summed E-state index contributed by atoms with van der Waals surface area (Å²) in [7, 11) is 0. The fourth-order valence-corrected chi connectivity index (χ4v) is 5.15. The summed E-state index contributed by atoms with van der Waals surface area (Å²) in [6, 6.07) is 17.9. The van der Waals surface area contributed by atoms with E-state index >= 15 is 0 Å². The van der Waals surface area contributed by atoms with Gasteiger partial charge in [-0.25, -0.2) is 0 Å². The van der Waals surface area contributed by atoms with Crippen LogP contribution in [0.3, 0.4) is 0 Å². The van der Waals surface area contributed by atoms with E-state index in [1.54, 1.807) is 6.08 Å². The summed E-state index contributed by atoms with van der Waals surface area (Å²) >= 11 is 1.30. The van der Waals surface area contributed by atoms with E-state index in [4.69, 9.17) is 10.1 Å². The third-order valence-electron chi connectivity index (χ3n) is 5.90. The average Bonchev–Trinajstić information content (AvgIpc) is 3.38. The van der Waals surface area contributed by atoms with Crippen LogP contribution in [0.15, 0.2) is 70.3 Å². The lowest BCUT2D eigenvalue weighted by Gasteiger charge is -2.20. The van der Waals surface area contributed by atoms with Crippen LogP contribution in [-0.2, 0) is 4.79 Å². The number of benzene rings is 2. The predicted octanol–water partition coefficient (Wildman–Crippen LogP) is 5.47. The maximum atomic E-state index is 12.9. The van der Waals surface area contributed by atoms with Crippen LogP contribution in [0, 0.1) is 26.2 Å². The number of fused-ring (bicyclic) bond motifs is 1. The van der Waals surface area contributed by atoms with Gasteiger partial charge in [0.1, 0.15) is 10.8 Å². The van der Waals surface area contributed by atoms with Crippen LogP contribution in [0.1, 0.15) is 35.0 Å². The molecule has 2 aliphatic rings. The topological polar surface area (TPSA) is 83.0 Å². The molecule has 176 valence electrons. The molecular weight excluding hydrogens is 458 g/mol. The van der Waals surface area contributed by atoms with Crippen molar-refractivity contribution in [2.24, 2.45) is 10.1 Å². The molecule has 0 aliphatic carbocycles. The maximum absolute atomic E-state index is 12.9. The highest BCUT2D eigenvalue weighted by molar-refractivity contribution is 8.27. The highest BCUT2D eigenvalue weighted by Gasteiger charge is 2.36. The molecule has 3 aromatic rings. The van der Waals surface area contributed by atoms with Crippen LogP contribution in [0.2, 0.25) is 0 Å². The summed E-state index contributed by atoms with van der Waals surface area (Å²) in [4.78, 5) is 17.2. The molecule has 3 heterocycles. The molecule has 0 saturated heterocycles. The smallest absolute Gasteiger partial charge is 0.283 e. The van der Waals surface area contributed by atoms with Gasteiger partial charge in [-0.1, -0.05) is 35.9 Å². The first kappa shape index (κ1) is 22.9. The fraction of sp³-hybridized carbons (Fsp3) is 0.185. The third kappa shape index (κ3) is 4.10. The van der Waals surface area contributed by atoms with Crippen molar-refractivity contribution < 1.29 is 9.53 Å². The van der Waals surface area contributed by atoms with E-state index in [0.717, 1.165) is 44.6 Å². The number of nitrogens with one attached hydrogen (secondary N) is 1. The van der Waals surface area contributed by atoms with Gasteiger partial charge in [0.2, 0.25) is 5.17 Å². The Balaban J connectivity index is 1.52. The first-order valence-electron chi connectivity index (χ1n) is 11.4. The number of rotatable bonds is 5. The Morgan fingerprint density at radius 3 is 2.66 bits per heavy atom. The van der Waals surface area contributed by atoms with Crippen LogP contribution in [-0.4, -0.2) is 38.1 Å². The molecule has 1 amide bonds. The molecule has 2 aliphatic heterocycles. The largest absolute Gasteiger partial charge is 0.492 e. The van der Waals surface area contributed by atoms with Gasteiger partial charge in [0.05, 0.1) is 17.9 Å². The number of amidine groups is 2. The molecule has 7 nitrogen and oxygen atoms in total. The lowest BCUT2D eigenvalue weighted by atomic mass is 10.1. The van der Waals surface area contributed by atoms with Gasteiger partial charge in [0, 0.05) is 17.0 Å². The SMILES string of the molecule is CCOc1ccccc1-n1c(C)cc(/C=C2/C(=N)N3N=C(c4cccc(C)c4)SC3=NC2=O)c1C. The minimum atomic E-state index is -0.436. The van der Waals surface area contributed by atoms with Crippen molar-refractivity contribution in [3.05, 3.63) is 88.2 Å². The van der Waals surface area contributed by atoms with Gasteiger partial charge < -0.3 is 9.30 Å². The lowest BCUT2D eigenvalue weighted by molar-refractivity contribution is -0.114. The Kier molecular flexibility index (Phi) is 5.90. The van der Waals surface area contributed by atoms with E-state index in [-0.39, 0.29) is 11.4 Å². The number of amides is 1. The molecule has 35 heavy (non-hydrogen) atoms. The van der Waals surface area contributed by atoms with Gasteiger partial charge in [-0.3, -0.25) is 10.2 Å². The zero-order valence-electron chi connectivity index (χ0n) is 20.0. The first-order chi connectivity index (χ1) is 16.9. The number of ether oxygens (including phenoxy) is 1. The van der Waals surface area contributed by atoms with Crippen LogP contribution in [0.25, 0.3) is 11.8 Å². The summed E-state index contributed by atoms with van der Waals surface area (Å²) < 4.78 is 7.93. The Morgan fingerprint density at radius 1 is 1.09 bits per heavy atom. The Bertz CT molecular complexity index is 1460. The Hall–Kier alpha value is -3.91. The first-order valence-corrected chi connectivity index (χ1v) is 12.2. The standard InChI is InChI=1S/C27H25N5O2S/c1-5-34-23-12-7-6-11-22(23)31-17(3)14-20(18(31)4)15-21-24(28)32-27(29-25(21)33)35-26(30-32)19-10-8-9-16(2)13-19/h6-15,28H,5H2,1-4H3/b21-15-,28-24?. The van der Waals surface area contributed by atoms with Crippen molar-refractivity contribution in [1.82, 2.24) is 9.58 Å². The summed E-state index contributed by atoms with van der Waals surface area (Å²) in [5.41, 5.74) is 5.98. The van der Waals surface area contributed by atoms with Gasteiger partial charge in [-0.15, -0.1) is 0 Å². The van der Waals surface area contributed by atoms with Crippen molar-refractivity contribution in [3.63, 3.8) is 0 Å². The molecule has 1 N–H and O–H groups in total. The molecule has 0 bridgehead atoms. The molecule has 5 rings (SSSR count). The van der Waals surface area contributed by atoms with Gasteiger partial charge in [-0.05, 0) is 75.4 Å². The number of aryl methyl sites for hydroxylation is 2. The average molecular weight is 484 g/mol. The molecule has 2 aromatic carbocycles. The normalized spacial score (nSPS) is 16.5. The van der Waals surface area contributed by atoms with Crippen LogP contribution in [0.5, 0.6) is 5.75 Å². The summed E-state index contributed by atoms with van der Waals surface area (Å²) in [6.45, 7) is 8.55. The molecule has 8 heteroatoms. The number of thioether (sulfide) groups is 1. The molecule has 0 unspecified atom stereocenters. The minimum Gasteiger partial charge on any atom is -0.492 e. The van der Waals surface area contributed by atoms with Gasteiger partial charge in [0.25, 0.3) is 5.91 Å². The molecule has 0 atom stereocenters. The monoisotopic (exact) mass is 483 g/mol. The fourth-order valence-electron chi connectivity index (χ4n) is 4.27. The molecule has 0 radical (unpaired) electrons. The summed E-state index contributed by atoms with van der Waals surface area (Å²) in [6.07, 6.45) is 1.73. The van der Waals surface area contributed by atoms with Crippen molar-refractivity contribution in [2.75, 3.05) is 6.61 Å². The van der Waals surface area contributed by atoms with Crippen molar-refractivity contribution in [1.29, 1.82) is 5.41 Å². The quantitative estimate of drug-likeness (QED) is 0.488. The number of carbonyl (C=O) groups excluding carboxylic acids is 1. The van der Waals surface area contributed by atoms with Crippen molar-refractivity contribution in [2.45, 2.75) is 27.7 Å². The molecule has 1 aromatic heterocycles. The van der Waals surface area contributed by atoms with E-state index in [2.05, 4.69) is 14.7 Å². The van der Waals surface area contributed by atoms with Crippen molar-refractivity contribution in [3.8, 4) is 11.4 Å². The summed E-state index contributed by atoms with van der Waals surface area (Å²) in [5.74, 6) is 0.377. The number of hydrogen-bond acceptors (Lipinski definition) is 5. The molecule has 0 spiro atoms. The minimum absolute atomic E-state index is 0.0228. The second-order valence-electron chi connectivity index (χ2n) is 8.36. The molecular formula is C27H25N5O2S. The maximum Gasteiger partial charge on any atom is 0.283 e. The van der Waals surface area contributed by atoms with E-state index in [1.807, 2.05) is 82.3 Å². The third-order valence-corrected chi connectivity index (χ3v) is 6.85. The zero-order valence-corrected chi connectivity index (χ0v) is 20.8. The van der Waals surface area contributed by atoms with Gasteiger partial charge in [0.15, 0.2) is 5.84 Å². The highest BCUT2D eigenvalue weighted by atomic mass is 32.2. The lowest BCUT2D eigenvalue weighted by Crippen LogP contribution is -2.35. The Morgan fingerprint density at radius 2 is 1.89 bits per heavy atom. The number of aromatic nitrogens is 1. The van der Waals surface area contributed by atoms with E-state index in [9.17, 15) is 4.79 Å². The second kappa shape index (κ2) is 9.03.